The van der Waals surface area contributed by atoms with Gasteiger partial charge in [0.1, 0.15) is 12.4 Å². The molecule has 0 bridgehead atoms. The SMILES string of the molecule is O=C(NCCCCc1ccc(OCC(=O)N(CCO)CCO)cc1)OCc1ccccc1. The normalized spacial score (nSPS) is 10.4. The topological polar surface area (TPSA) is 108 Å². The molecule has 0 heterocycles. The molecule has 0 fully saturated rings. The molecule has 0 saturated carbocycles. The van der Waals surface area contributed by atoms with Crippen molar-refractivity contribution in [1.29, 1.82) is 0 Å². The van der Waals surface area contributed by atoms with Crippen LogP contribution in [0.4, 0.5) is 4.79 Å². The van der Waals surface area contributed by atoms with Crippen molar-refractivity contribution >= 4 is 12.0 Å². The van der Waals surface area contributed by atoms with Crippen LogP contribution in [0, 0.1) is 0 Å². The maximum Gasteiger partial charge on any atom is 0.407 e. The second-order valence-corrected chi connectivity index (χ2v) is 7.21. The summed E-state index contributed by atoms with van der Waals surface area (Å²) in [5.74, 6) is 0.296. The van der Waals surface area contributed by atoms with Crippen molar-refractivity contribution in [1.82, 2.24) is 10.2 Å². The number of aliphatic hydroxyl groups excluding tert-OH is 2. The van der Waals surface area contributed by atoms with Crippen LogP contribution < -0.4 is 10.1 Å². The van der Waals surface area contributed by atoms with Gasteiger partial charge in [-0.05, 0) is 42.5 Å². The maximum atomic E-state index is 12.1. The van der Waals surface area contributed by atoms with E-state index in [0.29, 0.717) is 12.3 Å². The Morgan fingerprint density at radius 3 is 2.22 bits per heavy atom. The predicted molar refractivity (Wildman–Crippen MR) is 120 cm³/mol. The molecule has 2 amide bonds. The van der Waals surface area contributed by atoms with Crippen LogP contribution in [0.2, 0.25) is 0 Å². The van der Waals surface area contributed by atoms with E-state index >= 15 is 0 Å². The lowest BCUT2D eigenvalue weighted by Crippen LogP contribution is -2.38. The second kappa shape index (κ2) is 14.8. The summed E-state index contributed by atoms with van der Waals surface area (Å²) in [5.41, 5.74) is 2.09. The second-order valence-electron chi connectivity index (χ2n) is 7.21. The van der Waals surface area contributed by atoms with Gasteiger partial charge in [-0.3, -0.25) is 4.79 Å². The molecule has 3 N–H and O–H groups in total. The number of rotatable bonds is 14. The number of hydrogen-bond donors (Lipinski definition) is 3. The van der Waals surface area contributed by atoms with Crippen LogP contribution in [-0.4, -0.2) is 66.6 Å². The third-order valence-corrected chi connectivity index (χ3v) is 4.75. The van der Waals surface area contributed by atoms with Crippen LogP contribution in [0.1, 0.15) is 24.0 Å². The predicted octanol–water partition coefficient (Wildman–Crippen LogP) is 2.13. The van der Waals surface area contributed by atoms with Crippen LogP contribution in [0.25, 0.3) is 0 Å². The third kappa shape index (κ3) is 9.80. The Morgan fingerprint density at radius 2 is 1.56 bits per heavy atom. The molecule has 0 atom stereocenters. The molecule has 0 unspecified atom stereocenters. The number of aryl methyl sites for hydroxylation is 1. The highest BCUT2D eigenvalue weighted by Gasteiger charge is 2.13. The lowest BCUT2D eigenvalue weighted by molar-refractivity contribution is -0.134. The number of carbonyl (C=O) groups excluding carboxylic acids is 2. The molecule has 0 radical (unpaired) electrons. The fourth-order valence-corrected chi connectivity index (χ4v) is 3.01. The summed E-state index contributed by atoms with van der Waals surface area (Å²) in [4.78, 5) is 25.1. The first kappa shape index (κ1) is 25.2. The van der Waals surface area contributed by atoms with Gasteiger partial charge in [-0.15, -0.1) is 0 Å². The Hall–Kier alpha value is -3.10. The standard InChI is InChI=1S/C24H32N2O6/c27-16-14-26(15-17-28)23(29)19-31-22-11-9-20(10-12-22)6-4-5-13-25-24(30)32-18-21-7-2-1-3-8-21/h1-3,7-12,27-28H,4-6,13-19H2,(H,25,30). The molecule has 8 nitrogen and oxygen atoms in total. The number of nitrogens with one attached hydrogen (secondary N) is 1. The highest BCUT2D eigenvalue weighted by Crippen LogP contribution is 2.14. The van der Waals surface area contributed by atoms with Crippen LogP contribution in [0.5, 0.6) is 5.75 Å². The number of unbranched alkanes of at least 4 members (excludes halogenated alkanes) is 1. The summed E-state index contributed by atoms with van der Waals surface area (Å²) in [7, 11) is 0. The Morgan fingerprint density at radius 1 is 0.875 bits per heavy atom. The van der Waals surface area contributed by atoms with Crippen molar-refractivity contribution in [2.75, 3.05) is 39.5 Å². The summed E-state index contributed by atoms with van der Waals surface area (Å²) in [6, 6.07) is 17.0. The number of aliphatic hydroxyl groups is 2. The Labute approximate surface area is 188 Å². The maximum absolute atomic E-state index is 12.1. The largest absolute Gasteiger partial charge is 0.484 e. The fraction of sp³-hybridized carbons (Fsp3) is 0.417. The van der Waals surface area contributed by atoms with Crippen molar-refractivity contribution in [2.24, 2.45) is 0 Å². The summed E-state index contributed by atoms with van der Waals surface area (Å²) in [6.45, 7) is 0.673. The molecular weight excluding hydrogens is 412 g/mol. The van der Waals surface area contributed by atoms with E-state index in [1.807, 2.05) is 54.6 Å². The molecule has 32 heavy (non-hydrogen) atoms. The minimum Gasteiger partial charge on any atom is -0.484 e. The van der Waals surface area contributed by atoms with Gasteiger partial charge in [0.05, 0.1) is 13.2 Å². The third-order valence-electron chi connectivity index (χ3n) is 4.75. The zero-order valence-corrected chi connectivity index (χ0v) is 18.2. The molecule has 0 aliphatic carbocycles. The van der Waals surface area contributed by atoms with Crippen LogP contribution >= 0.6 is 0 Å². The van der Waals surface area contributed by atoms with Crippen LogP contribution in [0.15, 0.2) is 54.6 Å². The number of nitrogens with zero attached hydrogens (tertiary/aromatic N) is 1. The fourth-order valence-electron chi connectivity index (χ4n) is 3.01. The molecule has 0 spiro atoms. The zero-order valence-electron chi connectivity index (χ0n) is 18.2. The average Bonchev–Trinajstić information content (AvgIpc) is 2.82. The van der Waals surface area contributed by atoms with Crippen molar-refractivity contribution in [3.8, 4) is 5.75 Å². The smallest absolute Gasteiger partial charge is 0.407 e. The monoisotopic (exact) mass is 444 g/mol. The van der Waals surface area contributed by atoms with Gasteiger partial charge in [-0.2, -0.15) is 0 Å². The lowest BCUT2D eigenvalue weighted by atomic mass is 10.1. The molecule has 2 aromatic carbocycles. The quantitative estimate of drug-likeness (QED) is 0.385. The molecule has 0 aliphatic rings. The van der Waals surface area contributed by atoms with E-state index in [4.69, 9.17) is 19.7 Å². The first-order chi connectivity index (χ1) is 15.6. The molecular formula is C24H32N2O6. The summed E-state index contributed by atoms with van der Waals surface area (Å²) >= 11 is 0. The number of alkyl carbamates (subject to hydrolysis) is 1. The molecule has 2 rings (SSSR count). The summed E-state index contributed by atoms with van der Waals surface area (Å²) in [5, 5.41) is 20.7. The Kier molecular flexibility index (Phi) is 11.7. The highest BCUT2D eigenvalue weighted by molar-refractivity contribution is 5.77. The van der Waals surface area contributed by atoms with Gasteiger partial charge in [-0.1, -0.05) is 42.5 Å². The highest BCUT2D eigenvalue weighted by atomic mass is 16.5. The van der Waals surface area contributed by atoms with Gasteiger partial charge in [0.25, 0.3) is 5.91 Å². The Balaban J connectivity index is 1.59. The number of carbonyl (C=O) groups is 2. The number of amides is 2. The van der Waals surface area contributed by atoms with Gasteiger partial charge >= 0.3 is 6.09 Å². The van der Waals surface area contributed by atoms with Crippen molar-refractivity contribution in [3.63, 3.8) is 0 Å². The first-order valence-electron chi connectivity index (χ1n) is 10.8. The number of hydrogen-bond acceptors (Lipinski definition) is 6. The molecule has 8 heteroatoms. The van der Waals surface area contributed by atoms with Gasteiger partial charge in [0.2, 0.25) is 0 Å². The van der Waals surface area contributed by atoms with E-state index in [1.54, 1.807) is 0 Å². The minimum absolute atomic E-state index is 0.147. The van der Waals surface area contributed by atoms with Crippen molar-refractivity contribution in [2.45, 2.75) is 25.9 Å². The van der Waals surface area contributed by atoms with E-state index in [0.717, 1.165) is 30.4 Å². The molecule has 2 aromatic rings. The number of benzene rings is 2. The molecule has 0 aromatic heterocycles. The minimum atomic E-state index is -0.415. The zero-order chi connectivity index (χ0) is 23.0. The molecule has 0 aliphatic heterocycles. The summed E-state index contributed by atoms with van der Waals surface area (Å²) < 4.78 is 10.7. The Bertz CT molecular complexity index is 792. The van der Waals surface area contributed by atoms with Gasteiger partial charge < -0.3 is 29.9 Å². The van der Waals surface area contributed by atoms with E-state index < -0.39 is 6.09 Å². The van der Waals surface area contributed by atoms with Gasteiger partial charge in [0.15, 0.2) is 6.61 Å². The number of ether oxygens (including phenoxy) is 2. The summed E-state index contributed by atoms with van der Waals surface area (Å²) in [6.07, 6.45) is 2.19. The lowest BCUT2D eigenvalue weighted by Gasteiger charge is -2.20. The van der Waals surface area contributed by atoms with E-state index in [9.17, 15) is 9.59 Å². The van der Waals surface area contributed by atoms with Crippen LogP contribution in [-0.2, 0) is 22.6 Å². The van der Waals surface area contributed by atoms with Gasteiger partial charge in [0, 0.05) is 19.6 Å². The van der Waals surface area contributed by atoms with Gasteiger partial charge in [-0.25, -0.2) is 4.79 Å². The molecule has 0 saturated heterocycles. The first-order valence-corrected chi connectivity index (χ1v) is 10.8. The van der Waals surface area contributed by atoms with E-state index in [-0.39, 0.29) is 45.4 Å². The van der Waals surface area contributed by atoms with E-state index in [2.05, 4.69) is 5.32 Å². The van der Waals surface area contributed by atoms with Crippen LogP contribution in [0.3, 0.4) is 0 Å². The van der Waals surface area contributed by atoms with Crippen molar-refractivity contribution in [3.05, 3.63) is 65.7 Å². The molecule has 174 valence electrons. The van der Waals surface area contributed by atoms with E-state index in [1.165, 1.54) is 4.90 Å². The average molecular weight is 445 g/mol. The van der Waals surface area contributed by atoms with Crippen molar-refractivity contribution < 1.29 is 29.3 Å².